The molecule has 0 saturated carbocycles. The third kappa shape index (κ3) is 3.25. The van der Waals surface area contributed by atoms with E-state index >= 15 is 0 Å². The van der Waals surface area contributed by atoms with Gasteiger partial charge in [0.05, 0.1) is 22.4 Å². The molecule has 0 spiro atoms. The summed E-state index contributed by atoms with van der Waals surface area (Å²) < 4.78 is 0.808. The van der Waals surface area contributed by atoms with Crippen LogP contribution >= 0.6 is 38.9 Å². The highest BCUT2D eigenvalue weighted by Crippen LogP contribution is 2.31. The molecule has 0 amide bonds. The van der Waals surface area contributed by atoms with Crippen molar-refractivity contribution in [3.8, 4) is 0 Å². The van der Waals surface area contributed by atoms with Gasteiger partial charge in [-0.1, -0.05) is 31.5 Å². The number of hydrogen-bond acceptors (Lipinski definition) is 3. The van der Waals surface area contributed by atoms with Crippen molar-refractivity contribution in [2.24, 2.45) is 5.92 Å². The van der Waals surface area contributed by atoms with Crippen LogP contribution in [-0.4, -0.2) is 4.98 Å². The first-order valence-corrected chi connectivity index (χ1v) is 7.74. The number of pyridine rings is 1. The Labute approximate surface area is 125 Å². The van der Waals surface area contributed by atoms with Crippen LogP contribution in [-0.2, 0) is 0 Å². The Hall–Kier alpha value is -0.580. The van der Waals surface area contributed by atoms with Crippen molar-refractivity contribution in [3.63, 3.8) is 0 Å². The number of anilines is 1. The fourth-order valence-electron chi connectivity index (χ4n) is 1.71. The van der Waals surface area contributed by atoms with E-state index in [1.807, 2.05) is 6.07 Å². The van der Waals surface area contributed by atoms with Crippen molar-refractivity contribution < 1.29 is 0 Å². The Balaban J connectivity index is 2.21. The first-order chi connectivity index (χ1) is 8.58. The van der Waals surface area contributed by atoms with Gasteiger partial charge in [-0.25, -0.2) is 4.98 Å². The second-order valence-corrected chi connectivity index (χ2v) is 6.57. The van der Waals surface area contributed by atoms with Crippen molar-refractivity contribution in [2.75, 3.05) is 5.32 Å². The minimum absolute atomic E-state index is 0.292. The molecular weight excluding hydrogens is 332 g/mol. The molecule has 0 aliphatic carbocycles. The maximum Gasteiger partial charge on any atom is 0.143 e. The molecule has 96 valence electrons. The van der Waals surface area contributed by atoms with E-state index in [9.17, 15) is 0 Å². The Morgan fingerprint density at radius 2 is 2.22 bits per heavy atom. The lowest BCUT2D eigenvalue weighted by atomic mass is 10.0. The average Bonchev–Trinajstić information content (AvgIpc) is 2.83. The van der Waals surface area contributed by atoms with Crippen molar-refractivity contribution in [3.05, 3.63) is 44.3 Å². The maximum atomic E-state index is 5.90. The minimum atomic E-state index is 0.292. The molecule has 1 N–H and O–H groups in total. The maximum absolute atomic E-state index is 5.90. The van der Waals surface area contributed by atoms with Crippen molar-refractivity contribution in [1.82, 2.24) is 4.98 Å². The van der Waals surface area contributed by atoms with Crippen LogP contribution in [0.1, 0.15) is 24.8 Å². The van der Waals surface area contributed by atoms with Gasteiger partial charge in [-0.3, -0.25) is 0 Å². The molecule has 2 aromatic heterocycles. The predicted octanol–water partition coefficient (Wildman–Crippen LogP) is 5.37. The highest BCUT2D eigenvalue weighted by Gasteiger charge is 2.17. The second-order valence-electron chi connectivity index (χ2n) is 4.38. The Morgan fingerprint density at radius 3 is 2.78 bits per heavy atom. The lowest BCUT2D eigenvalue weighted by Gasteiger charge is -2.22. The summed E-state index contributed by atoms with van der Waals surface area (Å²) in [4.78, 5) is 5.46. The zero-order valence-electron chi connectivity index (χ0n) is 10.2. The molecule has 2 rings (SSSR count). The molecule has 0 radical (unpaired) electrons. The van der Waals surface area contributed by atoms with Crippen molar-refractivity contribution in [1.29, 1.82) is 0 Å². The van der Waals surface area contributed by atoms with E-state index in [0.29, 0.717) is 17.1 Å². The van der Waals surface area contributed by atoms with Crippen LogP contribution in [0.4, 0.5) is 5.69 Å². The molecule has 0 aliphatic rings. The van der Waals surface area contributed by atoms with Gasteiger partial charge in [0, 0.05) is 4.88 Å². The molecule has 5 heteroatoms. The fourth-order valence-corrected chi connectivity index (χ4v) is 3.12. The molecule has 0 aliphatic heterocycles. The monoisotopic (exact) mass is 344 g/mol. The SMILES string of the molecule is CC(C)C(Nc1cnc(Cl)c(Br)c1)c1cccs1. The van der Waals surface area contributed by atoms with Gasteiger partial charge in [-0.2, -0.15) is 0 Å². The number of halogens is 2. The quantitative estimate of drug-likeness (QED) is 0.754. The lowest BCUT2D eigenvalue weighted by Crippen LogP contribution is -2.15. The molecule has 2 nitrogen and oxygen atoms in total. The normalized spacial score (nSPS) is 12.7. The molecular formula is C13H14BrClN2S. The van der Waals surface area contributed by atoms with Gasteiger partial charge in [-0.15, -0.1) is 11.3 Å². The number of thiophene rings is 1. The number of rotatable bonds is 4. The van der Waals surface area contributed by atoms with E-state index in [0.717, 1.165) is 10.2 Å². The molecule has 1 unspecified atom stereocenters. The molecule has 2 heterocycles. The summed E-state index contributed by atoms with van der Waals surface area (Å²) in [6, 6.07) is 6.48. The summed E-state index contributed by atoms with van der Waals surface area (Å²) in [5.41, 5.74) is 0.971. The molecule has 0 fully saturated rings. The number of aromatic nitrogens is 1. The van der Waals surface area contributed by atoms with E-state index in [4.69, 9.17) is 11.6 Å². The fraction of sp³-hybridized carbons (Fsp3) is 0.308. The molecule has 1 atom stereocenters. The number of nitrogens with one attached hydrogen (secondary N) is 1. The van der Waals surface area contributed by atoms with Gasteiger partial charge in [0.2, 0.25) is 0 Å². The van der Waals surface area contributed by atoms with Gasteiger partial charge in [0.25, 0.3) is 0 Å². The zero-order valence-corrected chi connectivity index (χ0v) is 13.3. The summed E-state index contributed by atoms with van der Waals surface area (Å²) >= 11 is 11.1. The largest absolute Gasteiger partial charge is 0.376 e. The summed E-state index contributed by atoms with van der Waals surface area (Å²) in [5, 5.41) is 6.09. The Bertz CT molecular complexity index is 514. The highest BCUT2D eigenvalue weighted by atomic mass is 79.9. The third-order valence-electron chi connectivity index (χ3n) is 2.63. The smallest absolute Gasteiger partial charge is 0.143 e. The van der Waals surface area contributed by atoms with E-state index in [2.05, 4.69) is 57.6 Å². The third-order valence-corrected chi connectivity index (χ3v) is 4.72. The Morgan fingerprint density at radius 1 is 1.44 bits per heavy atom. The summed E-state index contributed by atoms with van der Waals surface area (Å²) in [6.07, 6.45) is 1.76. The predicted molar refractivity (Wildman–Crippen MR) is 82.5 cm³/mol. The van der Waals surface area contributed by atoms with Gasteiger partial charge in [0.15, 0.2) is 0 Å². The first kappa shape index (κ1) is 13.8. The van der Waals surface area contributed by atoms with Crippen LogP contribution in [0.3, 0.4) is 0 Å². The topological polar surface area (TPSA) is 24.9 Å². The minimum Gasteiger partial charge on any atom is -0.376 e. The van der Waals surface area contributed by atoms with Crippen LogP contribution in [0, 0.1) is 5.92 Å². The first-order valence-electron chi connectivity index (χ1n) is 5.69. The van der Waals surface area contributed by atoms with E-state index < -0.39 is 0 Å². The second kappa shape index (κ2) is 6.04. The van der Waals surface area contributed by atoms with Gasteiger partial charge in [0.1, 0.15) is 5.15 Å². The van der Waals surface area contributed by atoms with Crippen molar-refractivity contribution >= 4 is 44.6 Å². The van der Waals surface area contributed by atoms with Gasteiger partial charge in [-0.05, 0) is 39.4 Å². The molecule has 18 heavy (non-hydrogen) atoms. The molecule has 0 aromatic carbocycles. The van der Waals surface area contributed by atoms with E-state index in [1.54, 1.807) is 17.5 Å². The standard InChI is InChI=1S/C13H14BrClN2S/c1-8(2)12(11-4-3-5-18-11)17-9-6-10(14)13(15)16-7-9/h3-8,12,17H,1-2H3. The van der Waals surface area contributed by atoms with E-state index in [-0.39, 0.29) is 0 Å². The summed E-state index contributed by atoms with van der Waals surface area (Å²) in [5.74, 6) is 0.498. The average molecular weight is 346 g/mol. The van der Waals surface area contributed by atoms with Crippen LogP contribution in [0.5, 0.6) is 0 Å². The van der Waals surface area contributed by atoms with Crippen LogP contribution in [0.25, 0.3) is 0 Å². The Kier molecular flexibility index (Phi) is 4.65. The molecule has 0 bridgehead atoms. The zero-order chi connectivity index (χ0) is 13.1. The van der Waals surface area contributed by atoms with Crippen LogP contribution in [0.2, 0.25) is 5.15 Å². The summed E-state index contributed by atoms with van der Waals surface area (Å²) in [6.45, 7) is 4.41. The van der Waals surface area contributed by atoms with E-state index in [1.165, 1.54) is 4.88 Å². The van der Waals surface area contributed by atoms with Crippen molar-refractivity contribution in [2.45, 2.75) is 19.9 Å². The van der Waals surface area contributed by atoms with Gasteiger partial charge >= 0.3 is 0 Å². The van der Waals surface area contributed by atoms with Crippen LogP contribution < -0.4 is 5.32 Å². The lowest BCUT2D eigenvalue weighted by molar-refractivity contribution is 0.553. The number of hydrogen-bond donors (Lipinski definition) is 1. The highest BCUT2D eigenvalue weighted by molar-refractivity contribution is 9.10. The molecule has 2 aromatic rings. The van der Waals surface area contributed by atoms with Gasteiger partial charge < -0.3 is 5.32 Å². The molecule has 0 saturated heterocycles. The number of nitrogens with zero attached hydrogens (tertiary/aromatic N) is 1. The summed E-state index contributed by atoms with van der Waals surface area (Å²) in [7, 11) is 0. The van der Waals surface area contributed by atoms with Crippen LogP contribution in [0.15, 0.2) is 34.2 Å².